The van der Waals surface area contributed by atoms with E-state index < -0.39 is 11.7 Å². The third kappa shape index (κ3) is 4.12. The first-order valence-corrected chi connectivity index (χ1v) is 6.55. The van der Waals surface area contributed by atoms with Crippen molar-refractivity contribution in [3.8, 4) is 5.75 Å². The molecule has 0 aliphatic carbocycles. The van der Waals surface area contributed by atoms with E-state index >= 15 is 0 Å². The van der Waals surface area contributed by atoms with Gasteiger partial charge in [0.25, 0.3) is 0 Å². The molecule has 0 amide bonds. The maximum Gasteiger partial charge on any atom is 0.416 e. The van der Waals surface area contributed by atoms with Gasteiger partial charge in [-0.25, -0.2) is 0 Å². The van der Waals surface area contributed by atoms with E-state index in [-0.39, 0.29) is 13.2 Å². The molecule has 0 spiro atoms. The van der Waals surface area contributed by atoms with Crippen LogP contribution in [-0.2, 0) is 19.3 Å². The Morgan fingerprint density at radius 3 is 2.29 bits per heavy atom. The lowest BCUT2D eigenvalue weighted by Crippen LogP contribution is -2.09. The highest BCUT2D eigenvalue weighted by Crippen LogP contribution is 2.32. The SMILES string of the molecule is NCc1cc(C(F)(F)F)ccc1OCc1ccc(Cl)cc1. The fourth-order valence-corrected chi connectivity index (χ4v) is 1.92. The van der Waals surface area contributed by atoms with E-state index in [1.54, 1.807) is 24.3 Å². The van der Waals surface area contributed by atoms with Crippen LogP contribution in [0.2, 0.25) is 5.02 Å². The molecule has 21 heavy (non-hydrogen) atoms. The Morgan fingerprint density at radius 1 is 1.05 bits per heavy atom. The minimum absolute atomic E-state index is 0.0279. The molecule has 2 aromatic carbocycles. The second kappa shape index (κ2) is 6.37. The van der Waals surface area contributed by atoms with Gasteiger partial charge in [-0.3, -0.25) is 0 Å². The molecule has 2 nitrogen and oxygen atoms in total. The highest BCUT2D eigenvalue weighted by Gasteiger charge is 2.31. The van der Waals surface area contributed by atoms with Crippen LogP contribution in [0.5, 0.6) is 5.75 Å². The van der Waals surface area contributed by atoms with E-state index in [1.807, 2.05) is 0 Å². The quantitative estimate of drug-likeness (QED) is 0.907. The Hall–Kier alpha value is -1.72. The predicted molar refractivity (Wildman–Crippen MR) is 75.1 cm³/mol. The summed E-state index contributed by atoms with van der Waals surface area (Å²) < 4.78 is 43.4. The van der Waals surface area contributed by atoms with Crippen molar-refractivity contribution in [3.05, 3.63) is 64.2 Å². The summed E-state index contributed by atoms with van der Waals surface area (Å²) in [5.74, 6) is 0.348. The summed E-state index contributed by atoms with van der Waals surface area (Å²) >= 11 is 5.77. The average Bonchev–Trinajstić information content (AvgIpc) is 2.45. The Bertz CT molecular complexity index is 611. The third-order valence-electron chi connectivity index (χ3n) is 2.92. The van der Waals surface area contributed by atoms with Crippen LogP contribution in [0.25, 0.3) is 0 Å². The zero-order valence-electron chi connectivity index (χ0n) is 11.0. The van der Waals surface area contributed by atoms with Crippen LogP contribution < -0.4 is 10.5 Å². The highest BCUT2D eigenvalue weighted by molar-refractivity contribution is 6.30. The fourth-order valence-electron chi connectivity index (χ4n) is 1.80. The number of alkyl halides is 3. The second-order valence-electron chi connectivity index (χ2n) is 4.44. The maximum absolute atomic E-state index is 12.6. The molecule has 6 heteroatoms. The minimum Gasteiger partial charge on any atom is -0.489 e. The highest BCUT2D eigenvalue weighted by atomic mass is 35.5. The molecule has 0 radical (unpaired) electrons. The van der Waals surface area contributed by atoms with E-state index in [0.717, 1.165) is 17.7 Å². The molecule has 0 saturated heterocycles. The van der Waals surface area contributed by atoms with Gasteiger partial charge in [0.2, 0.25) is 0 Å². The lowest BCUT2D eigenvalue weighted by Gasteiger charge is -2.13. The van der Waals surface area contributed by atoms with E-state index in [9.17, 15) is 13.2 Å². The number of benzene rings is 2. The van der Waals surface area contributed by atoms with Gasteiger partial charge in [0.1, 0.15) is 12.4 Å². The van der Waals surface area contributed by atoms with Crippen LogP contribution in [0.15, 0.2) is 42.5 Å². The Kier molecular flexibility index (Phi) is 4.75. The van der Waals surface area contributed by atoms with Crippen LogP contribution in [0.4, 0.5) is 13.2 Å². The molecule has 0 heterocycles. The summed E-state index contributed by atoms with van der Waals surface area (Å²) in [7, 11) is 0. The van der Waals surface area contributed by atoms with E-state index in [2.05, 4.69) is 0 Å². The smallest absolute Gasteiger partial charge is 0.416 e. The van der Waals surface area contributed by atoms with Crippen LogP contribution in [0.3, 0.4) is 0 Å². The number of hydrogen-bond acceptors (Lipinski definition) is 2. The largest absolute Gasteiger partial charge is 0.489 e. The van der Waals surface area contributed by atoms with Gasteiger partial charge in [0.15, 0.2) is 0 Å². The topological polar surface area (TPSA) is 35.2 Å². The first kappa shape index (κ1) is 15.7. The summed E-state index contributed by atoms with van der Waals surface area (Å²) in [5, 5.41) is 0.607. The van der Waals surface area contributed by atoms with Crippen molar-refractivity contribution in [1.29, 1.82) is 0 Å². The number of hydrogen-bond donors (Lipinski definition) is 1. The zero-order valence-corrected chi connectivity index (χ0v) is 11.7. The average molecular weight is 316 g/mol. The number of ether oxygens (including phenoxy) is 1. The van der Waals surface area contributed by atoms with Gasteiger partial charge in [-0.15, -0.1) is 0 Å². The standard InChI is InChI=1S/C15H13ClF3NO/c16-13-4-1-10(2-5-13)9-21-14-6-3-12(15(17,18)19)7-11(14)8-20/h1-7H,8-9,20H2. The van der Waals surface area contributed by atoms with Crippen molar-refractivity contribution < 1.29 is 17.9 Å². The molecule has 0 atom stereocenters. The minimum atomic E-state index is -4.39. The lowest BCUT2D eigenvalue weighted by molar-refractivity contribution is -0.137. The molecule has 2 aromatic rings. The third-order valence-corrected chi connectivity index (χ3v) is 3.17. The molecule has 0 aliphatic heterocycles. The van der Waals surface area contributed by atoms with Crippen LogP contribution in [-0.4, -0.2) is 0 Å². The molecule has 0 bridgehead atoms. The lowest BCUT2D eigenvalue weighted by atomic mass is 10.1. The van der Waals surface area contributed by atoms with Gasteiger partial charge in [-0.2, -0.15) is 13.2 Å². The van der Waals surface area contributed by atoms with Gasteiger partial charge >= 0.3 is 6.18 Å². The molecule has 2 N–H and O–H groups in total. The molecule has 0 unspecified atom stereocenters. The normalized spacial score (nSPS) is 11.5. The van der Waals surface area contributed by atoms with Crippen molar-refractivity contribution in [2.45, 2.75) is 19.3 Å². The van der Waals surface area contributed by atoms with Crippen LogP contribution >= 0.6 is 11.6 Å². The van der Waals surface area contributed by atoms with Gasteiger partial charge in [0, 0.05) is 17.1 Å². The Labute approximate surface area is 125 Å². The van der Waals surface area contributed by atoms with Crippen molar-refractivity contribution in [1.82, 2.24) is 0 Å². The Balaban J connectivity index is 2.14. The molecule has 0 aromatic heterocycles. The second-order valence-corrected chi connectivity index (χ2v) is 4.88. The predicted octanol–water partition coefficient (Wildman–Crippen LogP) is 4.40. The molecular formula is C15H13ClF3NO. The van der Waals surface area contributed by atoms with Crippen molar-refractivity contribution in [2.75, 3.05) is 0 Å². The van der Waals surface area contributed by atoms with Crippen LogP contribution in [0, 0.1) is 0 Å². The molecule has 2 rings (SSSR count). The summed E-state index contributed by atoms with van der Waals surface area (Å²) in [6.07, 6.45) is -4.39. The number of rotatable bonds is 4. The van der Waals surface area contributed by atoms with Gasteiger partial charge < -0.3 is 10.5 Å². The fraction of sp³-hybridized carbons (Fsp3) is 0.200. The van der Waals surface area contributed by atoms with Crippen LogP contribution in [0.1, 0.15) is 16.7 Å². The summed E-state index contributed by atoms with van der Waals surface area (Å²) in [6.45, 7) is 0.204. The first-order chi connectivity index (χ1) is 9.90. The molecule has 0 saturated carbocycles. The van der Waals surface area contributed by atoms with Crippen molar-refractivity contribution >= 4 is 11.6 Å². The van der Waals surface area contributed by atoms with Crippen molar-refractivity contribution in [3.63, 3.8) is 0 Å². The summed E-state index contributed by atoms with van der Waals surface area (Å²) in [5.41, 5.74) is 5.93. The number of nitrogens with two attached hydrogens (primary N) is 1. The van der Waals surface area contributed by atoms with E-state index in [4.69, 9.17) is 22.1 Å². The van der Waals surface area contributed by atoms with Gasteiger partial charge in [-0.05, 0) is 35.9 Å². The van der Waals surface area contributed by atoms with Gasteiger partial charge in [0.05, 0.1) is 5.56 Å². The molecule has 0 aliphatic rings. The van der Waals surface area contributed by atoms with Crippen molar-refractivity contribution in [2.24, 2.45) is 5.73 Å². The molecule has 0 fully saturated rings. The molecule has 112 valence electrons. The van der Waals surface area contributed by atoms with E-state index in [0.29, 0.717) is 16.3 Å². The number of halogens is 4. The Morgan fingerprint density at radius 2 is 1.71 bits per heavy atom. The molecular weight excluding hydrogens is 303 g/mol. The monoisotopic (exact) mass is 315 g/mol. The zero-order chi connectivity index (χ0) is 15.5. The maximum atomic E-state index is 12.6. The van der Waals surface area contributed by atoms with Gasteiger partial charge in [-0.1, -0.05) is 23.7 Å². The van der Waals surface area contributed by atoms with E-state index in [1.165, 1.54) is 6.07 Å². The summed E-state index contributed by atoms with van der Waals surface area (Å²) in [4.78, 5) is 0. The summed E-state index contributed by atoms with van der Waals surface area (Å²) in [6, 6.07) is 10.3. The first-order valence-electron chi connectivity index (χ1n) is 6.17.